The standard InChI is InChI=1S/C15H17NO4S2/c17-8-7-16-13(10-11-4-3-9-21-11)15(18)12-5-1-2-6-14(12)22(16,19)20/h1-6,9,13,15,17-18H,7-8,10H2. The van der Waals surface area contributed by atoms with E-state index in [1.807, 2.05) is 17.5 Å². The van der Waals surface area contributed by atoms with Gasteiger partial charge in [-0.1, -0.05) is 24.3 Å². The molecule has 0 saturated heterocycles. The molecule has 1 aromatic carbocycles. The first kappa shape index (κ1) is 15.6. The number of sulfonamides is 1. The molecule has 7 heteroatoms. The van der Waals surface area contributed by atoms with Crippen molar-refractivity contribution in [1.82, 2.24) is 4.31 Å². The Hall–Kier alpha value is -1.25. The second-order valence-corrected chi connectivity index (χ2v) is 8.06. The van der Waals surface area contributed by atoms with Crippen LogP contribution in [0.25, 0.3) is 0 Å². The maximum Gasteiger partial charge on any atom is 0.243 e. The fourth-order valence-electron chi connectivity index (χ4n) is 2.86. The van der Waals surface area contributed by atoms with Gasteiger partial charge in [-0.2, -0.15) is 4.31 Å². The van der Waals surface area contributed by atoms with Crippen LogP contribution >= 0.6 is 11.3 Å². The van der Waals surface area contributed by atoms with Gasteiger partial charge in [0, 0.05) is 23.4 Å². The Bertz CT molecular complexity index is 743. The van der Waals surface area contributed by atoms with Crippen LogP contribution in [0, 0.1) is 0 Å². The summed E-state index contributed by atoms with van der Waals surface area (Å²) in [6, 6.07) is 9.72. The highest BCUT2D eigenvalue weighted by molar-refractivity contribution is 7.89. The number of hydrogen-bond acceptors (Lipinski definition) is 5. The number of hydrogen-bond donors (Lipinski definition) is 2. The summed E-state index contributed by atoms with van der Waals surface area (Å²) in [4.78, 5) is 1.12. The van der Waals surface area contributed by atoms with Gasteiger partial charge < -0.3 is 10.2 Å². The lowest BCUT2D eigenvalue weighted by atomic mass is 9.98. The molecule has 2 N–H and O–H groups in total. The summed E-state index contributed by atoms with van der Waals surface area (Å²) in [5, 5.41) is 21.8. The average molecular weight is 339 g/mol. The summed E-state index contributed by atoms with van der Waals surface area (Å²) in [7, 11) is -3.71. The van der Waals surface area contributed by atoms with Crippen LogP contribution in [-0.2, 0) is 16.4 Å². The monoisotopic (exact) mass is 339 g/mol. The quantitative estimate of drug-likeness (QED) is 0.882. The number of aliphatic hydroxyl groups is 2. The molecule has 2 aromatic rings. The summed E-state index contributed by atoms with van der Waals surface area (Å²) >= 11 is 1.53. The first-order valence-corrected chi connectivity index (χ1v) is 9.29. The zero-order chi connectivity index (χ0) is 15.7. The average Bonchev–Trinajstić information content (AvgIpc) is 3.02. The highest BCUT2D eigenvalue weighted by atomic mass is 32.2. The van der Waals surface area contributed by atoms with E-state index in [2.05, 4.69) is 0 Å². The third kappa shape index (κ3) is 2.59. The van der Waals surface area contributed by atoms with E-state index < -0.39 is 22.2 Å². The van der Waals surface area contributed by atoms with Gasteiger partial charge in [0.1, 0.15) is 0 Å². The molecule has 0 spiro atoms. The highest BCUT2D eigenvalue weighted by Gasteiger charge is 2.43. The summed E-state index contributed by atoms with van der Waals surface area (Å²) in [6.07, 6.45) is -0.486. The molecule has 2 heterocycles. The first-order chi connectivity index (χ1) is 10.6. The fourth-order valence-corrected chi connectivity index (χ4v) is 5.48. The van der Waals surface area contributed by atoms with Crippen LogP contribution in [0.3, 0.4) is 0 Å². The SMILES string of the molecule is O=S1(=O)c2ccccc2C(O)C(Cc2cccs2)N1CCO. The summed E-state index contributed by atoms with van der Waals surface area (Å²) in [6.45, 7) is -0.307. The van der Waals surface area contributed by atoms with Crippen molar-refractivity contribution < 1.29 is 18.6 Å². The molecule has 0 amide bonds. The van der Waals surface area contributed by atoms with Crippen LogP contribution < -0.4 is 0 Å². The van der Waals surface area contributed by atoms with E-state index in [9.17, 15) is 18.6 Å². The van der Waals surface area contributed by atoms with Crippen LogP contribution in [0.5, 0.6) is 0 Å². The molecule has 2 atom stereocenters. The molecule has 22 heavy (non-hydrogen) atoms. The number of aliphatic hydroxyl groups excluding tert-OH is 2. The number of benzene rings is 1. The van der Waals surface area contributed by atoms with E-state index in [1.165, 1.54) is 21.7 Å². The predicted molar refractivity (Wildman–Crippen MR) is 84.2 cm³/mol. The summed E-state index contributed by atoms with van der Waals surface area (Å²) in [5.74, 6) is 0. The largest absolute Gasteiger partial charge is 0.395 e. The van der Waals surface area contributed by atoms with Gasteiger partial charge in [0.2, 0.25) is 10.0 Å². The number of thiophene rings is 1. The lowest BCUT2D eigenvalue weighted by Crippen LogP contribution is -2.49. The van der Waals surface area contributed by atoms with Gasteiger partial charge in [0.25, 0.3) is 0 Å². The highest BCUT2D eigenvalue weighted by Crippen LogP contribution is 2.38. The third-order valence-corrected chi connectivity index (χ3v) is 6.77. The normalized spacial score (nSPS) is 24.1. The minimum Gasteiger partial charge on any atom is -0.395 e. The van der Waals surface area contributed by atoms with Crippen molar-refractivity contribution in [2.24, 2.45) is 0 Å². The van der Waals surface area contributed by atoms with Crippen LogP contribution in [0.4, 0.5) is 0 Å². The lowest BCUT2D eigenvalue weighted by molar-refractivity contribution is 0.0729. The molecule has 0 fully saturated rings. The van der Waals surface area contributed by atoms with Gasteiger partial charge in [0.05, 0.1) is 23.6 Å². The van der Waals surface area contributed by atoms with Gasteiger partial charge in [-0.15, -0.1) is 11.3 Å². The molecule has 0 aliphatic carbocycles. The number of β-amino-alcohol motifs (C(OH)–C–C–N with tert-alkyl or cyclic N) is 1. The maximum atomic E-state index is 12.8. The van der Waals surface area contributed by atoms with Gasteiger partial charge in [-0.25, -0.2) is 8.42 Å². The lowest BCUT2D eigenvalue weighted by Gasteiger charge is -2.38. The predicted octanol–water partition coefficient (Wildman–Crippen LogP) is 1.39. The maximum absolute atomic E-state index is 12.8. The molecule has 1 aliphatic heterocycles. The second-order valence-electron chi connectivity index (χ2n) is 5.17. The Morgan fingerprint density at radius 2 is 1.95 bits per heavy atom. The van der Waals surface area contributed by atoms with Crippen LogP contribution in [-0.4, -0.2) is 42.1 Å². The molecule has 1 aromatic heterocycles. The smallest absolute Gasteiger partial charge is 0.243 e. The summed E-state index contributed by atoms with van der Waals surface area (Å²) in [5.41, 5.74) is 0.429. The van der Waals surface area contributed by atoms with Crippen LogP contribution in [0.2, 0.25) is 0 Å². The molecule has 2 unspecified atom stereocenters. The molecule has 5 nitrogen and oxygen atoms in total. The molecule has 0 saturated carbocycles. The minimum atomic E-state index is -3.71. The Morgan fingerprint density at radius 3 is 2.64 bits per heavy atom. The van der Waals surface area contributed by atoms with Gasteiger partial charge in [0.15, 0.2) is 0 Å². The molecular formula is C15H17NO4S2. The Labute approximate surface area is 133 Å². The van der Waals surface area contributed by atoms with Crippen molar-refractivity contribution in [2.75, 3.05) is 13.2 Å². The molecule has 118 valence electrons. The number of fused-ring (bicyclic) bond motifs is 1. The fraction of sp³-hybridized carbons (Fsp3) is 0.333. The topological polar surface area (TPSA) is 77.8 Å². The van der Waals surface area contributed by atoms with E-state index >= 15 is 0 Å². The first-order valence-electron chi connectivity index (χ1n) is 6.98. The van der Waals surface area contributed by atoms with Gasteiger partial charge in [-0.3, -0.25) is 0 Å². The molecule has 1 aliphatic rings. The molecule has 0 radical (unpaired) electrons. The van der Waals surface area contributed by atoms with E-state index in [-0.39, 0.29) is 18.0 Å². The van der Waals surface area contributed by atoms with E-state index in [4.69, 9.17) is 0 Å². The molecule has 0 bridgehead atoms. The van der Waals surface area contributed by atoms with E-state index in [1.54, 1.807) is 18.2 Å². The van der Waals surface area contributed by atoms with Crippen LogP contribution in [0.1, 0.15) is 16.5 Å². The van der Waals surface area contributed by atoms with Crippen molar-refractivity contribution in [3.63, 3.8) is 0 Å². The Morgan fingerprint density at radius 1 is 1.18 bits per heavy atom. The third-order valence-electron chi connectivity index (χ3n) is 3.87. The molecular weight excluding hydrogens is 322 g/mol. The zero-order valence-electron chi connectivity index (χ0n) is 11.8. The van der Waals surface area contributed by atoms with Gasteiger partial charge in [-0.05, 0) is 17.5 Å². The second kappa shape index (κ2) is 6.10. The van der Waals surface area contributed by atoms with E-state index in [0.717, 1.165) is 4.88 Å². The van der Waals surface area contributed by atoms with Crippen molar-refractivity contribution in [1.29, 1.82) is 0 Å². The number of rotatable bonds is 4. The Balaban J connectivity index is 2.08. The van der Waals surface area contributed by atoms with Gasteiger partial charge >= 0.3 is 0 Å². The van der Waals surface area contributed by atoms with Crippen molar-refractivity contribution in [3.8, 4) is 0 Å². The zero-order valence-corrected chi connectivity index (χ0v) is 13.4. The summed E-state index contributed by atoms with van der Waals surface area (Å²) < 4.78 is 26.8. The number of nitrogens with zero attached hydrogens (tertiary/aromatic N) is 1. The van der Waals surface area contributed by atoms with E-state index in [0.29, 0.717) is 12.0 Å². The molecule has 3 rings (SSSR count). The van der Waals surface area contributed by atoms with Crippen LogP contribution in [0.15, 0.2) is 46.7 Å². The van der Waals surface area contributed by atoms with Crippen molar-refractivity contribution in [3.05, 3.63) is 52.2 Å². The Kier molecular flexibility index (Phi) is 4.33. The van der Waals surface area contributed by atoms with Crippen molar-refractivity contribution >= 4 is 21.4 Å². The minimum absolute atomic E-state index is 0.0240. The van der Waals surface area contributed by atoms with Crippen molar-refractivity contribution in [2.45, 2.75) is 23.5 Å².